The van der Waals surface area contributed by atoms with Gasteiger partial charge in [0, 0.05) is 23.9 Å². The second kappa shape index (κ2) is 4.87. The van der Waals surface area contributed by atoms with Crippen LogP contribution in [0.2, 0.25) is 0 Å². The Bertz CT molecular complexity index is 834. The Morgan fingerprint density at radius 1 is 1.33 bits per heavy atom. The first kappa shape index (κ1) is 14.1. The standard InChI is InChI=1S/C15H19N3O2S/c1-10-14(21(3,19)20)12-6-4-5-7-13(12)18(10)11(2)15-16-8-9-17-15/h4-7,11H,8-9H2,1-3H3,(H,16,17). The summed E-state index contributed by atoms with van der Waals surface area (Å²) in [5, 5.41) is 4.05. The topological polar surface area (TPSA) is 63.5 Å². The molecule has 2 aromatic rings. The van der Waals surface area contributed by atoms with Gasteiger partial charge in [-0.3, -0.25) is 4.99 Å². The van der Waals surface area contributed by atoms with Crippen molar-refractivity contribution in [3.05, 3.63) is 30.0 Å². The number of hydrogen-bond acceptors (Lipinski definition) is 4. The van der Waals surface area contributed by atoms with Crippen LogP contribution in [0.4, 0.5) is 0 Å². The number of rotatable bonds is 3. The lowest BCUT2D eigenvalue weighted by molar-refractivity contribution is 0.600. The number of benzene rings is 1. The van der Waals surface area contributed by atoms with Gasteiger partial charge in [-0.25, -0.2) is 8.42 Å². The molecule has 1 aliphatic rings. The summed E-state index contributed by atoms with van der Waals surface area (Å²) >= 11 is 0. The molecule has 0 aliphatic carbocycles. The Hall–Kier alpha value is -1.82. The normalized spacial score (nSPS) is 16.8. The van der Waals surface area contributed by atoms with Crippen molar-refractivity contribution in [2.75, 3.05) is 19.3 Å². The highest BCUT2D eigenvalue weighted by Crippen LogP contribution is 2.32. The van der Waals surface area contributed by atoms with Crippen LogP contribution in [0.15, 0.2) is 34.2 Å². The van der Waals surface area contributed by atoms with Crippen molar-refractivity contribution in [2.45, 2.75) is 24.8 Å². The van der Waals surface area contributed by atoms with E-state index < -0.39 is 9.84 Å². The van der Waals surface area contributed by atoms with Crippen LogP contribution in [0.25, 0.3) is 10.9 Å². The zero-order chi connectivity index (χ0) is 15.2. The number of sulfone groups is 1. The van der Waals surface area contributed by atoms with Gasteiger partial charge in [0.25, 0.3) is 0 Å². The van der Waals surface area contributed by atoms with E-state index in [1.807, 2.05) is 38.1 Å². The number of nitrogens with zero attached hydrogens (tertiary/aromatic N) is 2. The molecule has 0 bridgehead atoms. The lowest BCUT2D eigenvalue weighted by Gasteiger charge is -2.18. The molecule has 3 rings (SSSR count). The van der Waals surface area contributed by atoms with Gasteiger partial charge < -0.3 is 9.88 Å². The first-order valence-electron chi connectivity index (χ1n) is 6.99. The minimum absolute atomic E-state index is 0.00657. The molecule has 112 valence electrons. The number of nitrogens with one attached hydrogen (secondary N) is 1. The van der Waals surface area contributed by atoms with Gasteiger partial charge in [-0.2, -0.15) is 0 Å². The maximum Gasteiger partial charge on any atom is 0.177 e. The van der Waals surface area contributed by atoms with E-state index in [2.05, 4.69) is 14.9 Å². The van der Waals surface area contributed by atoms with Crippen molar-refractivity contribution in [1.29, 1.82) is 0 Å². The van der Waals surface area contributed by atoms with E-state index in [0.29, 0.717) is 4.90 Å². The van der Waals surface area contributed by atoms with E-state index in [9.17, 15) is 8.42 Å². The van der Waals surface area contributed by atoms with Crippen molar-refractivity contribution in [3.8, 4) is 0 Å². The lowest BCUT2D eigenvalue weighted by Crippen LogP contribution is -2.28. The highest BCUT2D eigenvalue weighted by atomic mass is 32.2. The molecule has 0 radical (unpaired) electrons. The lowest BCUT2D eigenvalue weighted by atomic mass is 10.2. The maximum atomic E-state index is 12.2. The number of aromatic nitrogens is 1. The molecular weight excluding hydrogens is 286 g/mol. The van der Waals surface area contributed by atoms with E-state index in [1.54, 1.807) is 0 Å². The fourth-order valence-corrected chi connectivity index (χ4v) is 4.35. The maximum absolute atomic E-state index is 12.2. The van der Waals surface area contributed by atoms with E-state index in [4.69, 9.17) is 0 Å². The summed E-state index contributed by atoms with van der Waals surface area (Å²) in [4.78, 5) is 4.89. The van der Waals surface area contributed by atoms with Crippen LogP contribution in [0.3, 0.4) is 0 Å². The third-order valence-corrected chi connectivity index (χ3v) is 5.21. The smallest absolute Gasteiger partial charge is 0.177 e. The van der Waals surface area contributed by atoms with Crippen LogP contribution in [0.5, 0.6) is 0 Å². The molecule has 5 nitrogen and oxygen atoms in total. The number of para-hydroxylation sites is 1. The second-order valence-corrected chi connectivity index (χ2v) is 7.40. The monoisotopic (exact) mass is 305 g/mol. The van der Waals surface area contributed by atoms with Gasteiger partial charge in [0.1, 0.15) is 5.84 Å². The Morgan fingerprint density at radius 3 is 2.67 bits per heavy atom. The van der Waals surface area contributed by atoms with Crippen molar-refractivity contribution in [2.24, 2.45) is 4.99 Å². The van der Waals surface area contributed by atoms with Gasteiger partial charge >= 0.3 is 0 Å². The minimum atomic E-state index is -3.28. The molecule has 1 N–H and O–H groups in total. The number of fused-ring (bicyclic) bond motifs is 1. The van der Waals surface area contributed by atoms with Gasteiger partial charge in [-0.1, -0.05) is 18.2 Å². The summed E-state index contributed by atoms with van der Waals surface area (Å²) in [6, 6.07) is 7.62. The molecule has 0 saturated heterocycles. The average Bonchev–Trinajstić information content (AvgIpc) is 3.01. The van der Waals surface area contributed by atoms with Crippen LogP contribution in [0.1, 0.15) is 18.7 Å². The van der Waals surface area contributed by atoms with Gasteiger partial charge in [0.2, 0.25) is 0 Å². The zero-order valence-corrected chi connectivity index (χ0v) is 13.2. The molecule has 0 saturated carbocycles. The summed E-state index contributed by atoms with van der Waals surface area (Å²) in [6.45, 7) is 5.53. The molecule has 1 atom stereocenters. The van der Waals surface area contributed by atoms with Crippen molar-refractivity contribution >= 4 is 26.6 Å². The molecule has 21 heavy (non-hydrogen) atoms. The van der Waals surface area contributed by atoms with Gasteiger partial charge in [0.05, 0.1) is 23.0 Å². The SMILES string of the molecule is Cc1c(S(C)(=O)=O)c2ccccc2n1C(C)C1=NCCN1. The van der Waals surface area contributed by atoms with E-state index in [-0.39, 0.29) is 6.04 Å². The largest absolute Gasteiger partial charge is 0.370 e. The summed E-state index contributed by atoms with van der Waals surface area (Å²) in [7, 11) is -3.28. The number of aliphatic imine (C=N–C) groups is 1. The Labute approximate surface area is 124 Å². The van der Waals surface area contributed by atoms with Crippen molar-refractivity contribution in [1.82, 2.24) is 9.88 Å². The third-order valence-electron chi connectivity index (χ3n) is 3.95. The Morgan fingerprint density at radius 2 is 2.05 bits per heavy atom. The molecule has 0 amide bonds. The summed E-state index contributed by atoms with van der Waals surface area (Å²) in [5.41, 5.74) is 1.70. The molecule has 2 heterocycles. The van der Waals surface area contributed by atoms with Crippen LogP contribution < -0.4 is 5.32 Å². The number of amidine groups is 1. The Kier molecular flexibility index (Phi) is 3.28. The Balaban J connectivity index is 2.31. The summed E-state index contributed by atoms with van der Waals surface area (Å²) in [5.74, 6) is 0.916. The molecular formula is C15H19N3O2S. The van der Waals surface area contributed by atoms with Gasteiger partial charge in [-0.05, 0) is 19.9 Å². The average molecular weight is 305 g/mol. The van der Waals surface area contributed by atoms with Crippen molar-refractivity contribution in [3.63, 3.8) is 0 Å². The molecule has 0 fully saturated rings. The predicted octanol–water partition coefficient (Wildman–Crippen LogP) is 1.92. The molecule has 6 heteroatoms. The molecule has 0 spiro atoms. The van der Waals surface area contributed by atoms with Crippen LogP contribution >= 0.6 is 0 Å². The number of hydrogen-bond donors (Lipinski definition) is 1. The minimum Gasteiger partial charge on any atom is -0.370 e. The highest BCUT2D eigenvalue weighted by Gasteiger charge is 2.26. The van der Waals surface area contributed by atoms with Gasteiger partial charge in [-0.15, -0.1) is 0 Å². The van der Waals surface area contributed by atoms with Crippen LogP contribution in [-0.2, 0) is 9.84 Å². The molecule has 1 aromatic heterocycles. The first-order chi connectivity index (χ1) is 9.91. The first-order valence-corrected chi connectivity index (χ1v) is 8.88. The van der Waals surface area contributed by atoms with E-state index in [0.717, 1.165) is 35.5 Å². The van der Waals surface area contributed by atoms with Crippen LogP contribution in [-0.4, -0.2) is 38.2 Å². The summed E-state index contributed by atoms with van der Waals surface area (Å²) < 4.78 is 26.4. The van der Waals surface area contributed by atoms with E-state index in [1.165, 1.54) is 6.26 Å². The van der Waals surface area contributed by atoms with E-state index >= 15 is 0 Å². The molecule has 1 unspecified atom stereocenters. The summed E-state index contributed by atoms with van der Waals surface area (Å²) in [6.07, 6.45) is 1.27. The van der Waals surface area contributed by atoms with Crippen LogP contribution in [0, 0.1) is 6.92 Å². The fourth-order valence-electron chi connectivity index (χ4n) is 3.15. The molecule has 1 aliphatic heterocycles. The fraction of sp³-hybridized carbons (Fsp3) is 0.400. The van der Waals surface area contributed by atoms with Gasteiger partial charge in [0.15, 0.2) is 9.84 Å². The van der Waals surface area contributed by atoms with Crippen molar-refractivity contribution < 1.29 is 8.42 Å². The quantitative estimate of drug-likeness (QED) is 0.942. The molecule has 1 aromatic carbocycles. The third kappa shape index (κ3) is 2.23. The second-order valence-electron chi connectivity index (χ2n) is 5.44. The predicted molar refractivity (Wildman–Crippen MR) is 84.8 cm³/mol. The highest BCUT2D eigenvalue weighted by molar-refractivity contribution is 7.91. The zero-order valence-electron chi connectivity index (χ0n) is 12.4.